The van der Waals surface area contributed by atoms with Crippen molar-refractivity contribution >= 4 is 11.9 Å². The molecule has 0 unspecified atom stereocenters. The van der Waals surface area contributed by atoms with Gasteiger partial charge < -0.3 is 10.1 Å². The van der Waals surface area contributed by atoms with Crippen LogP contribution in [0.3, 0.4) is 0 Å². The minimum Gasteiger partial charge on any atom is -0.454 e. The molecular formula is C14H25F3N2O3. The average molecular weight is 326 g/mol. The van der Waals surface area contributed by atoms with Crippen LogP contribution in [-0.4, -0.2) is 43.3 Å². The summed E-state index contributed by atoms with van der Waals surface area (Å²) < 4.78 is 41.4. The highest BCUT2D eigenvalue weighted by molar-refractivity contribution is 5.82. The van der Waals surface area contributed by atoms with Gasteiger partial charge >= 0.3 is 12.1 Å². The predicted octanol–water partition coefficient (Wildman–Crippen LogP) is 1.87. The number of esters is 1. The van der Waals surface area contributed by atoms with Gasteiger partial charge in [-0.25, -0.2) is 0 Å². The molecule has 130 valence electrons. The van der Waals surface area contributed by atoms with E-state index in [1.54, 1.807) is 13.8 Å². The molecule has 0 heterocycles. The van der Waals surface area contributed by atoms with E-state index in [0.29, 0.717) is 0 Å². The quantitative estimate of drug-likeness (QED) is 0.668. The first kappa shape index (κ1) is 20.7. The number of carbonyl (C=O) groups is 2. The number of amides is 1. The summed E-state index contributed by atoms with van der Waals surface area (Å²) >= 11 is 0. The Morgan fingerprint density at radius 2 is 1.59 bits per heavy atom. The summed E-state index contributed by atoms with van der Waals surface area (Å²) in [4.78, 5) is 23.4. The maximum absolute atomic E-state index is 12.2. The molecule has 0 fully saturated rings. The van der Waals surface area contributed by atoms with E-state index in [4.69, 9.17) is 4.74 Å². The highest BCUT2D eigenvalue weighted by atomic mass is 19.4. The molecule has 0 aromatic carbocycles. The first-order valence-corrected chi connectivity index (χ1v) is 7.20. The van der Waals surface area contributed by atoms with Gasteiger partial charge in [-0.15, -0.1) is 0 Å². The molecule has 0 aliphatic carbocycles. The topological polar surface area (TPSA) is 67.4 Å². The van der Waals surface area contributed by atoms with Crippen molar-refractivity contribution in [2.75, 3.05) is 13.2 Å². The van der Waals surface area contributed by atoms with Gasteiger partial charge in [0, 0.05) is 6.04 Å². The van der Waals surface area contributed by atoms with Gasteiger partial charge in [0.15, 0.2) is 6.61 Å². The van der Waals surface area contributed by atoms with Crippen molar-refractivity contribution in [3.05, 3.63) is 0 Å². The zero-order valence-corrected chi connectivity index (χ0v) is 13.6. The second kappa shape index (κ2) is 8.97. The standard InChI is InChI=1S/C14H25F3N2O3/c1-8(2)10(5)19-11(20)6-22-13(21)12(9(3)4)18-7-14(15,16)17/h8-10,12,18H,6-7H2,1-5H3,(H,19,20)/t10-,12-/m0/s1. The molecule has 0 aromatic heterocycles. The molecule has 0 saturated heterocycles. The van der Waals surface area contributed by atoms with Gasteiger partial charge in [0.05, 0.1) is 6.54 Å². The van der Waals surface area contributed by atoms with Gasteiger partial charge in [-0.05, 0) is 18.8 Å². The summed E-state index contributed by atoms with van der Waals surface area (Å²) in [7, 11) is 0. The number of hydrogen-bond acceptors (Lipinski definition) is 4. The molecular weight excluding hydrogens is 301 g/mol. The lowest BCUT2D eigenvalue weighted by atomic mass is 10.0. The Kier molecular flexibility index (Phi) is 8.44. The normalized spacial score (nSPS) is 14.8. The number of rotatable bonds is 8. The third-order valence-corrected chi connectivity index (χ3v) is 3.18. The number of ether oxygens (including phenoxy) is 1. The van der Waals surface area contributed by atoms with Crippen molar-refractivity contribution in [3.8, 4) is 0 Å². The van der Waals surface area contributed by atoms with Crippen LogP contribution in [-0.2, 0) is 14.3 Å². The van der Waals surface area contributed by atoms with E-state index in [0.717, 1.165) is 0 Å². The van der Waals surface area contributed by atoms with E-state index in [1.807, 2.05) is 20.8 Å². The number of hydrogen-bond donors (Lipinski definition) is 2. The minimum atomic E-state index is -4.42. The van der Waals surface area contributed by atoms with E-state index in [-0.39, 0.29) is 12.0 Å². The van der Waals surface area contributed by atoms with Crippen LogP contribution in [0.4, 0.5) is 13.2 Å². The van der Waals surface area contributed by atoms with Crippen molar-refractivity contribution in [1.82, 2.24) is 10.6 Å². The summed E-state index contributed by atoms with van der Waals surface area (Å²) in [5.74, 6) is -1.52. The van der Waals surface area contributed by atoms with Crippen LogP contribution in [0.1, 0.15) is 34.6 Å². The number of alkyl halides is 3. The maximum Gasteiger partial charge on any atom is 0.401 e. The van der Waals surface area contributed by atoms with Gasteiger partial charge in [0.2, 0.25) is 0 Å². The molecule has 2 N–H and O–H groups in total. The largest absolute Gasteiger partial charge is 0.454 e. The first-order chi connectivity index (χ1) is 9.94. The Balaban J connectivity index is 4.38. The smallest absolute Gasteiger partial charge is 0.401 e. The third kappa shape index (κ3) is 8.86. The molecule has 2 atom stereocenters. The average Bonchev–Trinajstić information content (AvgIpc) is 2.34. The van der Waals surface area contributed by atoms with Gasteiger partial charge in [0.1, 0.15) is 6.04 Å². The Morgan fingerprint density at radius 1 is 1.05 bits per heavy atom. The molecule has 0 bridgehead atoms. The lowest BCUT2D eigenvalue weighted by molar-refractivity contribution is -0.154. The Morgan fingerprint density at radius 3 is 2.00 bits per heavy atom. The summed E-state index contributed by atoms with van der Waals surface area (Å²) in [5.41, 5.74) is 0. The SMILES string of the molecule is CC(C)[C@H](C)NC(=O)COC(=O)[C@@H](NCC(F)(F)F)C(C)C. The summed E-state index contributed by atoms with van der Waals surface area (Å²) in [6.07, 6.45) is -4.42. The molecule has 1 amide bonds. The summed E-state index contributed by atoms with van der Waals surface area (Å²) in [6, 6.07) is -1.20. The van der Waals surface area contributed by atoms with Crippen LogP contribution in [0.25, 0.3) is 0 Å². The Hall–Kier alpha value is -1.31. The van der Waals surface area contributed by atoms with Gasteiger partial charge in [-0.1, -0.05) is 27.7 Å². The third-order valence-electron chi connectivity index (χ3n) is 3.18. The van der Waals surface area contributed by atoms with E-state index >= 15 is 0 Å². The van der Waals surface area contributed by atoms with Crippen molar-refractivity contribution in [2.45, 2.75) is 52.9 Å². The molecule has 0 aromatic rings. The molecule has 0 rings (SSSR count). The van der Waals surface area contributed by atoms with Crippen LogP contribution in [0, 0.1) is 11.8 Å². The van der Waals surface area contributed by atoms with E-state index in [2.05, 4.69) is 10.6 Å². The summed E-state index contributed by atoms with van der Waals surface area (Å²) in [6.45, 7) is 7.05. The van der Waals surface area contributed by atoms with Crippen LogP contribution in [0.5, 0.6) is 0 Å². The minimum absolute atomic E-state index is 0.0875. The monoisotopic (exact) mass is 326 g/mol. The highest BCUT2D eigenvalue weighted by Crippen LogP contribution is 2.14. The second-order valence-electron chi connectivity index (χ2n) is 5.93. The lowest BCUT2D eigenvalue weighted by Crippen LogP contribution is -2.47. The molecule has 8 heteroatoms. The van der Waals surface area contributed by atoms with E-state index in [1.165, 1.54) is 0 Å². The van der Waals surface area contributed by atoms with Crippen LogP contribution >= 0.6 is 0 Å². The molecule has 5 nitrogen and oxygen atoms in total. The van der Waals surface area contributed by atoms with Crippen LogP contribution in [0.15, 0.2) is 0 Å². The fraction of sp³-hybridized carbons (Fsp3) is 0.857. The Labute approximate surface area is 129 Å². The predicted molar refractivity (Wildman–Crippen MR) is 76.1 cm³/mol. The molecule has 0 saturated carbocycles. The second-order valence-corrected chi connectivity index (χ2v) is 5.93. The zero-order chi connectivity index (χ0) is 17.5. The van der Waals surface area contributed by atoms with Gasteiger partial charge in [-0.3, -0.25) is 14.9 Å². The fourth-order valence-electron chi connectivity index (χ4n) is 1.51. The molecule has 0 radical (unpaired) electrons. The van der Waals surface area contributed by atoms with Gasteiger partial charge in [-0.2, -0.15) is 13.2 Å². The maximum atomic E-state index is 12.2. The number of halogens is 3. The first-order valence-electron chi connectivity index (χ1n) is 7.20. The van der Waals surface area contributed by atoms with Crippen molar-refractivity contribution in [3.63, 3.8) is 0 Å². The molecule has 22 heavy (non-hydrogen) atoms. The van der Waals surface area contributed by atoms with Gasteiger partial charge in [0.25, 0.3) is 5.91 Å². The van der Waals surface area contributed by atoms with Crippen LogP contribution < -0.4 is 10.6 Å². The zero-order valence-electron chi connectivity index (χ0n) is 13.6. The van der Waals surface area contributed by atoms with Crippen LogP contribution in [0.2, 0.25) is 0 Å². The lowest BCUT2D eigenvalue weighted by Gasteiger charge is -2.22. The number of carbonyl (C=O) groups excluding carboxylic acids is 2. The van der Waals surface area contributed by atoms with Crippen molar-refractivity contribution in [1.29, 1.82) is 0 Å². The molecule has 0 spiro atoms. The number of nitrogens with one attached hydrogen (secondary N) is 2. The van der Waals surface area contributed by atoms with E-state index < -0.39 is 43.2 Å². The fourth-order valence-corrected chi connectivity index (χ4v) is 1.51. The summed E-state index contributed by atoms with van der Waals surface area (Å²) in [5, 5.41) is 4.75. The van der Waals surface area contributed by atoms with Crippen molar-refractivity contribution in [2.24, 2.45) is 11.8 Å². The van der Waals surface area contributed by atoms with Crippen molar-refractivity contribution < 1.29 is 27.5 Å². The van der Waals surface area contributed by atoms with E-state index in [9.17, 15) is 22.8 Å². The molecule has 0 aliphatic heterocycles. The molecule has 0 aliphatic rings. The highest BCUT2D eigenvalue weighted by Gasteiger charge is 2.32. The Bertz CT molecular complexity index is 371.